The van der Waals surface area contributed by atoms with Crippen molar-refractivity contribution >= 4 is 11.5 Å². The first-order valence-corrected chi connectivity index (χ1v) is 7.21. The highest BCUT2D eigenvalue weighted by atomic mass is 16.5. The van der Waals surface area contributed by atoms with Crippen LogP contribution in [0, 0.1) is 0 Å². The minimum atomic E-state index is 0.283. The molecule has 102 valence electrons. The Labute approximate surface area is 114 Å². The van der Waals surface area contributed by atoms with Crippen molar-refractivity contribution in [3.8, 4) is 0 Å². The van der Waals surface area contributed by atoms with E-state index in [2.05, 4.69) is 11.0 Å². The zero-order valence-corrected chi connectivity index (χ0v) is 11.5. The van der Waals surface area contributed by atoms with Crippen LogP contribution in [0.1, 0.15) is 42.5 Å². The minimum Gasteiger partial charge on any atom is -0.381 e. The van der Waals surface area contributed by atoms with Gasteiger partial charge in [-0.1, -0.05) is 12.1 Å². The monoisotopic (exact) mass is 259 g/mol. The lowest BCUT2D eigenvalue weighted by atomic mass is 9.89. The van der Waals surface area contributed by atoms with E-state index in [9.17, 15) is 4.79 Å². The van der Waals surface area contributed by atoms with Gasteiger partial charge in [0.15, 0.2) is 5.78 Å². The number of para-hydroxylation sites is 1. The van der Waals surface area contributed by atoms with Gasteiger partial charge in [0.2, 0.25) is 0 Å². The average Bonchev–Trinajstić information content (AvgIpc) is 2.48. The third-order valence-electron chi connectivity index (χ3n) is 4.47. The number of ketones is 1. The standard InChI is InChI=1S/C16H21NO2/c1-19-13-6-4-5-12(11-13)17-10-9-16(18)14-7-2-3-8-15(14)17/h2-3,7-8,12-13H,4-6,9-11H2,1H3. The van der Waals surface area contributed by atoms with Gasteiger partial charge in [-0.3, -0.25) is 4.79 Å². The molecule has 3 rings (SSSR count). The van der Waals surface area contributed by atoms with Gasteiger partial charge in [-0.05, 0) is 37.8 Å². The van der Waals surface area contributed by atoms with Crippen LogP contribution in [0.4, 0.5) is 5.69 Å². The molecular weight excluding hydrogens is 238 g/mol. The molecule has 0 radical (unpaired) electrons. The number of hydrogen-bond donors (Lipinski definition) is 0. The Balaban J connectivity index is 1.86. The molecule has 1 fully saturated rings. The van der Waals surface area contributed by atoms with E-state index in [1.165, 1.54) is 19.3 Å². The smallest absolute Gasteiger partial charge is 0.166 e. The van der Waals surface area contributed by atoms with Gasteiger partial charge in [0.05, 0.1) is 6.10 Å². The summed E-state index contributed by atoms with van der Waals surface area (Å²) in [6.45, 7) is 0.858. The van der Waals surface area contributed by atoms with Gasteiger partial charge in [-0.2, -0.15) is 0 Å². The number of benzene rings is 1. The van der Waals surface area contributed by atoms with Crippen molar-refractivity contribution in [2.24, 2.45) is 0 Å². The molecule has 19 heavy (non-hydrogen) atoms. The number of ether oxygens (including phenoxy) is 1. The number of hydrogen-bond acceptors (Lipinski definition) is 3. The van der Waals surface area contributed by atoms with Gasteiger partial charge in [-0.15, -0.1) is 0 Å². The van der Waals surface area contributed by atoms with E-state index in [0.29, 0.717) is 18.6 Å². The maximum absolute atomic E-state index is 12.0. The van der Waals surface area contributed by atoms with Crippen molar-refractivity contribution in [2.75, 3.05) is 18.6 Å². The number of nitrogens with zero attached hydrogens (tertiary/aromatic N) is 1. The zero-order valence-electron chi connectivity index (χ0n) is 11.5. The normalized spacial score (nSPS) is 27.2. The van der Waals surface area contributed by atoms with Crippen LogP contribution < -0.4 is 4.90 Å². The highest BCUT2D eigenvalue weighted by Crippen LogP contribution is 2.33. The number of carbonyl (C=O) groups excluding carboxylic acids is 1. The van der Waals surface area contributed by atoms with Crippen molar-refractivity contribution in [3.05, 3.63) is 29.8 Å². The molecule has 1 saturated carbocycles. The largest absolute Gasteiger partial charge is 0.381 e. The number of Topliss-reactive ketones (excluding diaryl/α,β-unsaturated/α-hetero) is 1. The van der Waals surface area contributed by atoms with Crippen LogP contribution in [0.3, 0.4) is 0 Å². The fourth-order valence-electron chi connectivity index (χ4n) is 3.43. The highest BCUT2D eigenvalue weighted by Gasteiger charge is 2.31. The number of methoxy groups -OCH3 is 1. The molecule has 2 aliphatic rings. The molecule has 2 unspecified atom stereocenters. The van der Waals surface area contributed by atoms with Crippen LogP contribution in [-0.2, 0) is 4.74 Å². The van der Waals surface area contributed by atoms with E-state index in [-0.39, 0.29) is 5.78 Å². The summed E-state index contributed by atoms with van der Waals surface area (Å²) < 4.78 is 5.53. The van der Waals surface area contributed by atoms with Crippen molar-refractivity contribution in [1.82, 2.24) is 0 Å². The van der Waals surface area contributed by atoms with E-state index >= 15 is 0 Å². The summed E-state index contributed by atoms with van der Waals surface area (Å²) in [6, 6.07) is 8.55. The van der Waals surface area contributed by atoms with Crippen LogP contribution in [0.5, 0.6) is 0 Å². The second-order valence-electron chi connectivity index (χ2n) is 5.56. The maximum Gasteiger partial charge on any atom is 0.166 e. The number of anilines is 1. The number of rotatable bonds is 2. The third-order valence-corrected chi connectivity index (χ3v) is 4.47. The van der Waals surface area contributed by atoms with Gasteiger partial charge >= 0.3 is 0 Å². The Kier molecular flexibility index (Phi) is 3.56. The highest BCUT2D eigenvalue weighted by molar-refractivity contribution is 6.03. The Bertz CT molecular complexity index is 472. The predicted octanol–water partition coefficient (Wildman–Crippen LogP) is 3.04. The van der Waals surface area contributed by atoms with Crippen LogP contribution in [0.2, 0.25) is 0 Å². The van der Waals surface area contributed by atoms with Gasteiger partial charge in [0, 0.05) is 37.4 Å². The SMILES string of the molecule is COC1CCCC(N2CCC(=O)c3ccccc32)C1. The second kappa shape index (κ2) is 5.33. The summed E-state index contributed by atoms with van der Waals surface area (Å²) in [7, 11) is 1.81. The van der Waals surface area contributed by atoms with Crippen LogP contribution >= 0.6 is 0 Å². The van der Waals surface area contributed by atoms with Crippen LogP contribution in [0.15, 0.2) is 24.3 Å². The van der Waals surface area contributed by atoms with Crippen molar-refractivity contribution in [3.63, 3.8) is 0 Å². The average molecular weight is 259 g/mol. The molecule has 3 heteroatoms. The van der Waals surface area contributed by atoms with Gasteiger partial charge in [-0.25, -0.2) is 0 Å². The zero-order chi connectivity index (χ0) is 13.2. The van der Waals surface area contributed by atoms with Crippen molar-refractivity contribution in [2.45, 2.75) is 44.2 Å². The van der Waals surface area contributed by atoms with E-state index in [4.69, 9.17) is 4.74 Å². The Morgan fingerprint density at radius 1 is 1.26 bits per heavy atom. The molecule has 1 heterocycles. The Morgan fingerprint density at radius 2 is 2.11 bits per heavy atom. The number of carbonyl (C=O) groups is 1. The lowest BCUT2D eigenvalue weighted by Gasteiger charge is -2.41. The van der Waals surface area contributed by atoms with E-state index in [0.717, 1.165) is 24.2 Å². The molecule has 0 N–H and O–H groups in total. The van der Waals surface area contributed by atoms with Crippen LogP contribution in [-0.4, -0.2) is 31.6 Å². The molecule has 0 amide bonds. The first-order valence-electron chi connectivity index (χ1n) is 7.21. The predicted molar refractivity (Wildman–Crippen MR) is 75.8 cm³/mol. The second-order valence-corrected chi connectivity index (χ2v) is 5.56. The molecule has 2 atom stereocenters. The Morgan fingerprint density at radius 3 is 2.95 bits per heavy atom. The van der Waals surface area contributed by atoms with E-state index in [1.807, 2.05) is 18.2 Å². The lowest BCUT2D eigenvalue weighted by molar-refractivity contribution is 0.0627. The molecule has 3 nitrogen and oxygen atoms in total. The van der Waals surface area contributed by atoms with Gasteiger partial charge < -0.3 is 9.64 Å². The minimum absolute atomic E-state index is 0.283. The Hall–Kier alpha value is -1.35. The lowest BCUT2D eigenvalue weighted by Crippen LogP contribution is -2.44. The van der Waals surface area contributed by atoms with Crippen molar-refractivity contribution < 1.29 is 9.53 Å². The van der Waals surface area contributed by atoms with E-state index in [1.54, 1.807) is 7.11 Å². The summed E-state index contributed by atoms with van der Waals surface area (Å²) in [4.78, 5) is 14.4. The maximum atomic E-state index is 12.0. The molecule has 1 aromatic rings. The number of fused-ring (bicyclic) bond motifs is 1. The molecule has 0 saturated heterocycles. The third kappa shape index (κ3) is 2.39. The van der Waals surface area contributed by atoms with Crippen LogP contribution in [0.25, 0.3) is 0 Å². The molecule has 0 aromatic heterocycles. The topological polar surface area (TPSA) is 29.5 Å². The van der Waals surface area contributed by atoms with Gasteiger partial charge in [0.1, 0.15) is 0 Å². The van der Waals surface area contributed by atoms with Crippen molar-refractivity contribution in [1.29, 1.82) is 0 Å². The summed E-state index contributed by atoms with van der Waals surface area (Å²) >= 11 is 0. The first kappa shape index (κ1) is 12.7. The molecular formula is C16H21NO2. The first-order chi connectivity index (χ1) is 9.29. The fraction of sp³-hybridized carbons (Fsp3) is 0.562. The molecule has 0 spiro atoms. The molecule has 1 aliphatic heterocycles. The molecule has 0 bridgehead atoms. The summed E-state index contributed by atoms with van der Waals surface area (Å²) in [6.07, 6.45) is 5.70. The quantitative estimate of drug-likeness (QED) is 0.817. The van der Waals surface area contributed by atoms with Gasteiger partial charge in [0.25, 0.3) is 0 Å². The fourth-order valence-corrected chi connectivity index (χ4v) is 3.43. The summed E-state index contributed by atoms with van der Waals surface area (Å²) in [5.74, 6) is 0.283. The summed E-state index contributed by atoms with van der Waals surface area (Å²) in [5, 5.41) is 0. The summed E-state index contributed by atoms with van der Waals surface area (Å²) in [5.41, 5.74) is 2.02. The van der Waals surface area contributed by atoms with E-state index < -0.39 is 0 Å². The molecule has 1 aliphatic carbocycles. The molecule has 1 aromatic carbocycles.